The number of hydrogen-bond donors (Lipinski definition) is 4. The summed E-state index contributed by atoms with van der Waals surface area (Å²) in [6.07, 6.45) is 3.10. The SMILES string of the molecule is CC[C@H](C)[C@H]([NH3+])C(=O)NNc1ccn([C@H]2CC[C@@H](CO)O2)c(=O)n1. The first-order valence-electron chi connectivity index (χ1n) is 8.20. The number of amides is 1. The van der Waals surface area contributed by atoms with E-state index in [1.54, 1.807) is 12.3 Å². The van der Waals surface area contributed by atoms with Crippen molar-refractivity contribution in [2.75, 3.05) is 12.0 Å². The molecule has 9 heteroatoms. The van der Waals surface area contributed by atoms with Crippen molar-refractivity contribution < 1.29 is 20.4 Å². The lowest BCUT2D eigenvalue weighted by Crippen LogP contribution is -2.70. The monoisotopic (exact) mass is 340 g/mol. The average Bonchev–Trinajstić information content (AvgIpc) is 3.07. The zero-order valence-electron chi connectivity index (χ0n) is 14.1. The van der Waals surface area contributed by atoms with Gasteiger partial charge >= 0.3 is 5.69 Å². The lowest BCUT2D eigenvalue weighted by atomic mass is 10.00. The predicted octanol–water partition coefficient (Wildman–Crippen LogP) is -0.987. The van der Waals surface area contributed by atoms with E-state index in [0.717, 1.165) is 6.42 Å². The average molecular weight is 340 g/mol. The molecule has 2 rings (SSSR count). The number of ether oxygens (including phenoxy) is 1. The van der Waals surface area contributed by atoms with Crippen molar-refractivity contribution in [3.05, 3.63) is 22.7 Å². The first-order chi connectivity index (χ1) is 11.5. The van der Waals surface area contributed by atoms with Crippen molar-refractivity contribution in [3.8, 4) is 0 Å². The highest BCUT2D eigenvalue weighted by molar-refractivity contribution is 5.81. The van der Waals surface area contributed by atoms with Gasteiger partial charge in [-0.1, -0.05) is 13.8 Å². The summed E-state index contributed by atoms with van der Waals surface area (Å²) >= 11 is 0. The predicted molar refractivity (Wildman–Crippen MR) is 86.6 cm³/mol. The third-order valence-electron chi connectivity index (χ3n) is 4.41. The highest BCUT2D eigenvalue weighted by atomic mass is 16.5. The van der Waals surface area contributed by atoms with Crippen LogP contribution in [0.3, 0.4) is 0 Å². The minimum absolute atomic E-state index is 0.0627. The number of quaternary nitrogens is 1. The van der Waals surface area contributed by atoms with Gasteiger partial charge in [0.05, 0.1) is 12.7 Å². The number of carbonyl (C=O) groups excluding carboxylic acids is 1. The van der Waals surface area contributed by atoms with Gasteiger partial charge in [-0.15, -0.1) is 0 Å². The van der Waals surface area contributed by atoms with Gasteiger partial charge in [0.15, 0.2) is 11.9 Å². The van der Waals surface area contributed by atoms with Crippen molar-refractivity contribution in [2.24, 2.45) is 5.92 Å². The quantitative estimate of drug-likeness (QED) is 0.471. The molecule has 2 heterocycles. The first kappa shape index (κ1) is 18.4. The Kier molecular flexibility index (Phi) is 6.29. The van der Waals surface area contributed by atoms with E-state index < -0.39 is 11.9 Å². The van der Waals surface area contributed by atoms with Gasteiger partial charge in [-0.3, -0.25) is 20.2 Å². The van der Waals surface area contributed by atoms with E-state index in [1.807, 2.05) is 13.8 Å². The molecule has 0 spiro atoms. The summed E-state index contributed by atoms with van der Waals surface area (Å²) in [7, 11) is 0. The number of anilines is 1. The fourth-order valence-corrected chi connectivity index (χ4v) is 2.49. The lowest BCUT2D eigenvalue weighted by molar-refractivity contribution is -0.415. The molecule has 1 saturated heterocycles. The number of aliphatic hydroxyl groups is 1. The molecule has 134 valence electrons. The lowest BCUT2D eigenvalue weighted by Gasteiger charge is -2.16. The largest absolute Gasteiger partial charge is 0.394 e. The van der Waals surface area contributed by atoms with Gasteiger partial charge < -0.3 is 15.6 Å². The summed E-state index contributed by atoms with van der Waals surface area (Å²) in [6, 6.07) is 1.20. The topological polar surface area (TPSA) is 133 Å². The van der Waals surface area contributed by atoms with E-state index in [-0.39, 0.29) is 36.4 Å². The van der Waals surface area contributed by atoms with Crippen molar-refractivity contribution >= 4 is 11.7 Å². The van der Waals surface area contributed by atoms with Crippen LogP contribution in [0, 0.1) is 5.92 Å². The molecule has 1 aromatic rings. The van der Waals surface area contributed by atoms with Gasteiger partial charge in [0.25, 0.3) is 5.91 Å². The van der Waals surface area contributed by atoms with Crippen LogP contribution in [0.5, 0.6) is 0 Å². The molecule has 1 fully saturated rings. The summed E-state index contributed by atoms with van der Waals surface area (Å²) in [5.74, 6) is 0.157. The Bertz CT molecular complexity index is 620. The van der Waals surface area contributed by atoms with Crippen molar-refractivity contribution in [3.63, 3.8) is 0 Å². The molecule has 4 atom stereocenters. The Labute approximate surface area is 140 Å². The van der Waals surface area contributed by atoms with Crippen LogP contribution in [0.4, 0.5) is 5.82 Å². The molecule has 0 bridgehead atoms. The number of hydrogen-bond acceptors (Lipinski definition) is 6. The molecule has 0 unspecified atom stereocenters. The molecule has 24 heavy (non-hydrogen) atoms. The number of rotatable bonds is 7. The third-order valence-corrected chi connectivity index (χ3v) is 4.41. The standard InChI is InChI=1S/C15H25N5O4/c1-3-9(2)13(16)14(22)19-18-11-6-7-20(15(23)17-11)12-5-4-10(8-21)24-12/h6-7,9-10,12-13,21H,3-5,8,16H2,1-2H3,(H,19,22)(H,17,18,23)/p+1/t9-,10-,12+,13-/m0/s1. The zero-order chi connectivity index (χ0) is 17.7. The number of aliphatic hydroxyl groups excluding tert-OH is 1. The normalized spacial score (nSPS) is 22.8. The second-order valence-electron chi connectivity index (χ2n) is 6.08. The van der Waals surface area contributed by atoms with Gasteiger partial charge in [-0.25, -0.2) is 4.79 Å². The Morgan fingerprint density at radius 1 is 1.58 bits per heavy atom. The van der Waals surface area contributed by atoms with Crippen LogP contribution in [-0.2, 0) is 9.53 Å². The molecule has 1 aromatic heterocycles. The Morgan fingerprint density at radius 3 is 2.92 bits per heavy atom. The van der Waals surface area contributed by atoms with Gasteiger partial charge in [0.2, 0.25) is 0 Å². The Morgan fingerprint density at radius 2 is 2.33 bits per heavy atom. The molecular weight excluding hydrogens is 314 g/mol. The number of nitrogens with one attached hydrogen (secondary N) is 2. The summed E-state index contributed by atoms with van der Waals surface area (Å²) in [4.78, 5) is 27.9. The highest BCUT2D eigenvalue weighted by Gasteiger charge is 2.27. The van der Waals surface area contributed by atoms with Crippen LogP contribution < -0.4 is 22.3 Å². The van der Waals surface area contributed by atoms with E-state index in [9.17, 15) is 9.59 Å². The summed E-state index contributed by atoms with van der Waals surface area (Å²) in [5, 5.41) is 9.08. The van der Waals surface area contributed by atoms with Crippen LogP contribution in [0.25, 0.3) is 0 Å². The van der Waals surface area contributed by atoms with Crippen LogP contribution in [0.2, 0.25) is 0 Å². The van der Waals surface area contributed by atoms with Gasteiger partial charge in [-0.2, -0.15) is 4.98 Å². The molecular formula is C15H26N5O4+. The van der Waals surface area contributed by atoms with Crippen LogP contribution in [0.1, 0.15) is 39.3 Å². The van der Waals surface area contributed by atoms with E-state index in [1.165, 1.54) is 4.57 Å². The first-order valence-corrected chi connectivity index (χ1v) is 8.20. The van der Waals surface area contributed by atoms with Crippen molar-refractivity contribution in [1.29, 1.82) is 0 Å². The maximum atomic E-state index is 12.1. The van der Waals surface area contributed by atoms with E-state index >= 15 is 0 Å². The van der Waals surface area contributed by atoms with Gasteiger partial charge in [0.1, 0.15) is 6.23 Å². The molecule has 1 aliphatic rings. The minimum atomic E-state index is -0.481. The van der Waals surface area contributed by atoms with Crippen LogP contribution >= 0.6 is 0 Å². The van der Waals surface area contributed by atoms with Crippen molar-refractivity contribution in [1.82, 2.24) is 15.0 Å². The van der Waals surface area contributed by atoms with Gasteiger partial charge in [0, 0.05) is 12.1 Å². The third kappa shape index (κ3) is 4.31. The van der Waals surface area contributed by atoms with Crippen LogP contribution in [0.15, 0.2) is 17.1 Å². The fraction of sp³-hybridized carbons (Fsp3) is 0.667. The fourth-order valence-electron chi connectivity index (χ4n) is 2.49. The molecule has 0 aliphatic carbocycles. The number of nitrogens with zero attached hydrogens (tertiary/aromatic N) is 2. The van der Waals surface area contributed by atoms with Gasteiger partial charge in [-0.05, 0) is 25.3 Å². The van der Waals surface area contributed by atoms with E-state index in [0.29, 0.717) is 12.8 Å². The zero-order valence-corrected chi connectivity index (χ0v) is 14.1. The maximum absolute atomic E-state index is 12.1. The maximum Gasteiger partial charge on any atom is 0.351 e. The molecule has 9 nitrogen and oxygen atoms in total. The Balaban J connectivity index is 1.95. The number of aromatic nitrogens is 2. The van der Waals surface area contributed by atoms with E-state index in [4.69, 9.17) is 9.84 Å². The molecule has 0 radical (unpaired) electrons. The number of hydrazine groups is 1. The molecule has 0 aromatic carbocycles. The smallest absolute Gasteiger partial charge is 0.351 e. The number of carbonyl (C=O) groups is 1. The molecule has 1 aliphatic heterocycles. The second kappa shape index (κ2) is 8.22. The second-order valence-corrected chi connectivity index (χ2v) is 6.08. The molecule has 1 amide bonds. The summed E-state index contributed by atoms with van der Waals surface area (Å²) in [5.41, 5.74) is 8.52. The summed E-state index contributed by atoms with van der Waals surface area (Å²) in [6.45, 7) is 3.89. The highest BCUT2D eigenvalue weighted by Crippen LogP contribution is 2.26. The molecule has 6 N–H and O–H groups in total. The van der Waals surface area contributed by atoms with E-state index in [2.05, 4.69) is 21.6 Å². The molecule has 0 saturated carbocycles. The van der Waals surface area contributed by atoms with Crippen LogP contribution in [-0.4, -0.2) is 39.3 Å². The minimum Gasteiger partial charge on any atom is -0.394 e. The Hall–Kier alpha value is -1.97. The summed E-state index contributed by atoms with van der Waals surface area (Å²) < 4.78 is 6.94. The van der Waals surface area contributed by atoms with Crippen molar-refractivity contribution in [2.45, 2.75) is 51.5 Å².